The average Bonchev–Trinajstić information content (AvgIpc) is 2.25. The van der Waals surface area contributed by atoms with Gasteiger partial charge in [-0.15, -0.1) is 0 Å². The number of nitrogens with one attached hydrogen (secondary N) is 1. The Labute approximate surface area is 100 Å². The molecule has 0 saturated carbocycles. The van der Waals surface area contributed by atoms with Crippen molar-refractivity contribution < 1.29 is 0 Å². The molecule has 1 aromatic carbocycles. The summed E-state index contributed by atoms with van der Waals surface area (Å²) in [5.74, 6) is 0.588. The van der Waals surface area contributed by atoms with Gasteiger partial charge in [0.1, 0.15) is 0 Å². The van der Waals surface area contributed by atoms with Gasteiger partial charge in [-0.05, 0) is 43.9 Å². The van der Waals surface area contributed by atoms with Gasteiger partial charge in [-0.25, -0.2) is 0 Å². The van der Waals surface area contributed by atoms with Crippen molar-refractivity contribution in [1.29, 1.82) is 0 Å². The predicted octanol–water partition coefficient (Wildman–Crippen LogP) is 3.80. The Kier molecular flexibility index (Phi) is 5.01. The Balaban J connectivity index is 2.89. The lowest BCUT2D eigenvalue weighted by molar-refractivity contribution is 0.447. The predicted molar refractivity (Wildman–Crippen MR) is 72.1 cm³/mol. The van der Waals surface area contributed by atoms with E-state index in [9.17, 15) is 0 Å². The quantitative estimate of drug-likeness (QED) is 0.794. The molecule has 0 aliphatic carbocycles. The van der Waals surface area contributed by atoms with E-state index >= 15 is 0 Å². The lowest BCUT2D eigenvalue weighted by atomic mass is 9.88. The first-order valence-corrected chi connectivity index (χ1v) is 6.40. The Morgan fingerprint density at radius 2 is 1.88 bits per heavy atom. The second-order valence-corrected chi connectivity index (χ2v) is 4.72. The smallest absolute Gasteiger partial charge is 0.0130 e. The maximum atomic E-state index is 3.57. The number of hydrogen-bond acceptors (Lipinski definition) is 1. The molecule has 0 bridgehead atoms. The normalized spacial score (nSPS) is 14.8. The highest BCUT2D eigenvalue weighted by molar-refractivity contribution is 5.33. The van der Waals surface area contributed by atoms with E-state index in [1.165, 1.54) is 23.1 Å². The van der Waals surface area contributed by atoms with Crippen molar-refractivity contribution in [1.82, 2.24) is 5.32 Å². The summed E-state index contributed by atoms with van der Waals surface area (Å²) in [4.78, 5) is 0. The first-order chi connectivity index (χ1) is 7.60. The van der Waals surface area contributed by atoms with Crippen molar-refractivity contribution in [3.63, 3.8) is 0 Å². The van der Waals surface area contributed by atoms with E-state index in [0.717, 1.165) is 6.54 Å². The summed E-state index contributed by atoms with van der Waals surface area (Å²) in [6.45, 7) is 12.2. The van der Waals surface area contributed by atoms with Crippen LogP contribution in [0.1, 0.15) is 49.8 Å². The van der Waals surface area contributed by atoms with E-state index in [4.69, 9.17) is 0 Å². The summed E-state index contributed by atoms with van der Waals surface area (Å²) in [7, 11) is 0. The van der Waals surface area contributed by atoms with Gasteiger partial charge in [-0.2, -0.15) is 0 Å². The van der Waals surface area contributed by atoms with E-state index in [2.05, 4.69) is 58.1 Å². The number of benzene rings is 1. The molecule has 0 saturated heterocycles. The second kappa shape index (κ2) is 6.05. The maximum Gasteiger partial charge on any atom is 0.0130 e. The molecule has 0 aliphatic rings. The zero-order valence-corrected chi connectivity index (χ0v) is 11.3. The monoisotopic (exact) mass is 219 g/mol. The standard InChI is InChI=1S/C15H25N/c1-6-15(16-7-2)13(5)14-9-8-11(3)10-12(14)4/h8-10,13,15-16H,6-7H2,1-5H3. The Bertz CT molecular complexity index is 330. The summed E-state index contributed by atoms with van der Waals surface area (Å²) in [6, 6.07) is 7.38. The van der Waals surface area contributed by atoms with E-state index < -0.39 is 0 Å². The molecule has 90 valence electrons. The molecule has 1 N–H and O–H groups in total. The molecule has 0 spiro atoms. The lowest BCUT2D eigenvalue weighted by Gasteiger charge is -2.25. The average molecular weight is 219 g/mol. The lowest BCUT2D eigenvalue weighted by Crippen LogP contribution is -2.33. The summed E-state index contributed by atoms with van der Waals surface area (Å²) in [6.07, 6.45) is 1.18. The second-order valence-electron chi connectivity index (χ2n) is 4.72. The van der Waals surface area contributed by atoms with Gasteiger partial charge in [-0.1, -0.05) is 44.5 Å². The molecule has 2 unspecified atom stereocenters. The van der Waals surface area contributed by atoms with Gasteiger partial charge >= 0.3 is 0 Å². The molecule has 0 aromatic heterocycles. The topological polar surface area (TPSA) is 12.0 Å². The molecule has 1 rings (SSSR count). The molecule has 0 amide bonds. The van der Waals surface area contributed by atoms with Crippen molar-refractivity contribution in [2.75, 3.05) is 6.54 Å². The summed E-state index contributed by atoms with van der Waals surface area (Å²) >= 11 is 0. The Morgan fingerprint density at radius 3 is 2.38 bits per heavy atom. The van der Waals surface area contributed by atoms with E-state index in [-0.39, 0.29) is 0 Å². The first-order valence-electron chi connectivity index (χ1n) is 6.40. The van der Waals surface area contributed by atoms with Crippen LogP contribution >= 0.6 is 0 Å². The highest BCUT2D eigenvalue weighted by atomic mass is 14.9. The van der Waals surface area contributed by atoms with Gasteiger partial charge in [0, 0.05) is 6.04 Å². The minimum absolute atomic E-state index is 0.588. The zero-order valence-electron chi connectivity index (χ0n) is 11.3. The molecule has 1 heteroatoms. The molecule has 0 radical (unpaired) electrons. The van der Waals surface area contributed by atoms with E-state index in [1.807, 2.05) is 0 Å². The Hall–Kier alpha value is -0.820. The van der Waals surface area contributed by atoms with Gasteiger partial charge in [0.25, 0.3) is 0 Å². The Morgan fingerprint density at radius 1 is 1.19 bits per heavy atom. The van der Waals surface area contributed by atoms with Gasteiger partial charge in [0.15, 0.2) is 0 Å². The van der Waals surface area contributed by atoms with Crippen LogP contribution < -0.4 is 5.32 Å². The first kappa shape index (κ1) is 13.2. The van der Waals surface area contributed by atoms with Gasteiger partial charge in [0.05, 0.1) is 0 Å². The van der Waals surface area contributed by atoms with Crippen LogP contribution in [-0.2, 0) is 0 Å². The van der Waals surface area contributed by atoms with Gasteiger partial charge in [0.2, 0.25) is 0 Å². The zero-order chi connectivity index (χ0) is 12.1. The number of aryl methyl sites for hydroxylation is 2. The third kappa shape index (κ3) is 3.08. The minimum Gasteiger partial charge on any atom is -0.314 e. The van der Waals surface area contributed by atoms with Crippen LogP contribution in [0.5, 0.6) is 0 Å². The molecule has 1 nitrogen and oxygen atoms in total. The summed E-state index contributed by atoms with van der Waals surface area (Å²) in [5, 5.41) is 3.57. The fraction of sp³-hybridized carbons (Fsp3) is 0.600. The van der Waals surface area contributed by atoms with Crippen LogP contribution in [0.2, 0.25) is 0 Å². The molecular weight excluding hydrogens is 194 g/mol. The SMILES string of the molecule is CCNC(CC)C(C)c1ccc(C)cc1C. The van der Waals surface area contributed by atoms with Crippen LogP contribution in [-0.4, -0.2) is 12.6 Å². The van der Waals surface area contributed by atoms with Crippen molar-refractivity contribution in [2.24, 2.45) is 0 Å². The fourth-order valence-electron chi connectivity index (χ4n) is 2.49. The van der Waals surface area contributed by atoms with Crippen LogP contribution in [0.3, 0.4) is 0 Å². The fourth-order valence-corrected chi connectivity index (χ4v) is 2.49. The van der Waals surface area contributed by atoms with E-state index in [1.54, 1.807) is 0 Å². The molecule has 2 atom stereocenters. The summed E-state index contributed by atoms with van der Waals surface area (Å²) in [5.41, 5.74) is 4.26. The molecule has 16 heavy (non-hydrogen) atoms. The van der Waals surface area contributed by atoms with Crippen molar-refractivity contribution >= 4 is 0 Å². The molecule has 0 heterocycles. The highest BCUT2D eigenvalue weighted by Crippen LogP contribution is 2.25. The van der Waals surface area contributed by atoms with E-state index in [0.29, 0.717) is 12.0 Å². The molecular formula is C15H25N. The van der Waals surface area contributed by atoms with Crippen LogP contribution in [0.4, 0.5) is 0 Å². The number of rotatable bonds is 5. The van der Waals surface area contributed by atoms with Gasteiger partial charge in [-0.3, -0.25) is 0 Å². The van der Waals surface area contributed by atoms with Crippen LogP contribution in [0, 0.1) is 13.8 Å². The third-order valence-electron chi connectivity index (χ3n) is 3.43. The van der Waals surface area contributed by atoms with Crippen LogP contribution in [0.25, 0.3) is 0 Å². The molecule has 1 aromatic rings. The van der Waals surface area contributed by atoms with Crippen molar-refractivity contribution in [3.8, 4) is 0 Å². The number of likely N-dealkylation sites (N-methyl/N-ethyl adjacent to an activating group) is 1. The van der Waals surface area contributed by atoms with Crippen molar-refractivity contribution in [2.45, 2.75) is 53.0 Å². The van der Waals surface area contributed by atoms with Crippen molar-refractivity contribution in [3.05, 3.63) is 34.9 Å². The molecule has 0 fully saturated rings. The molecule has 0 aliphatic heterocycles. The summed E-state index contributed by atoms with van der Waals surface area (Å²) < 4.78 is 0. The van der Waals surface area contributed by atoms with Gasteiger partial charge < -0.3 is 5.32 Å². The highest BCUT2D eigenvalue weighted by Gasteiger charge is 2.17. The largest absolute Gasteiger partial charge is 0.314 e. The third-order valence-corrected chi connectivity index (χ3v) is 3.43. The number of hydrogen-bond donors (Lipinski definition) is 1. The van der Waals surface area contributed by atoms with Crippen LogP contribution in [0.15, 0.2) is 18.2 Å². The maximum absolute atomic E-state index is 3.57. The minimum atomic E-state index is 0.588.